The van der Waals surface area contributed by atoms with E-state index in [1.54, 1.807) is 0 Å². The number of nitrogens with two attached hydrogens (primary N) is 1. The molecule has 1 atom stereocenters. The van der Waals surface area contributed by atoms with Crippen molar-refractivity contribution in [2.24, 2.45) is 5.73 Å². The Morgan fingerprint density at radius 1 is 1.38 bits per heavy atom. The molecular weight excluding hydrogens is 162 g/mol. The van der Waals surface area contributed by atoms with Gasteiger partial charge < -0.3 is 10.5 Å². The maximum Gasteiger partial charge on any atom is 0.124 e. The van der Waals surface area contributed by atoms with Crippen LogP contribution in [0.25, 0.3) is 0 Å². The summed E-state index contributed by atoms with van der Waals surface area (Å²) in [7, 11) is 0. The van der Waals surface area contributed by atoms with Gasteiger partial charge in [-0.2, -0.15) is 0 Å². The minimum Gasteiger partial charge on any atom is -0.487 e. The third-order valence-corrected chi connectivity index (χ3v) is 2.42. The Morgan fingerprint density at radius 3 is 2.85 bits per heavy atom. The quantitative estimate of drug-likeness (QED) is 0.659. The van der Waals surface area contributed by atoms with E-state index in [-0.39, 0.29) is 11.6 Å². The van der Waals surface area contributed by atoms with Gasteiger partial charge in [0.2, 0.25) is 0 Å². The van der Waals surface area contributed by atoms with Gasteiger partial charge in [-0.15, -0.1) is 0 Å². The Balaban J connectivity index is 2.43. The van der Waals surface area contributed by atoms with Crippen molar-refractivity contribution in [3.8, 4) is 5.75 Å². The zero-order valence-electron chi connectivity index (χ0n) is 8.08. The number of fused-ring (bicyclic) bond motifs is 1. The fourth-order valence-corrected chi connectivity index (χ4v) is 1.86. The zero-order valence-corrected chi connectivity index (χ0v) is 8.08. The van der Waals surface area contributed by atoms with Crippen LogP contribution in [-0.4, -0.2) is 5.60 Å². The number of hydrogen-bond donors (Lipinski definition) is 1. The molecule has 2 heteroatoms. The van der Waals surface area contributed by atoms with E-state index in [1.807, 2.05) is 24.3 Å². The third-order valence-electron chi connectivity index (χ3n) is 2.42. The average Bonchev–Trinajstić information content (AvgIpc) is 2.02. The van der Waals surface area contributed by atoms with Gasteiger partial charge >= 0.3 is 0 Å². The van der Waals surface area contributed by atoms with Crippen molar-refractivity contribution in [1.82, 2.24) is 0 Å². The van der Waals surface area contributed by atoms with Crippen molar-refractivity contribution in [1.29, 1.82) is 0 Å². The Bertz CT molecular complexity index is 320. The van der Waals surface area contributed by atoms with Gasteiger partial charge in [0, 0.05) is 18.0 Å². The van der Waals surface area contributed by atoms with Gasteiger partial charge in [-0.25, -0.2) is 0 Å². The summed E-state index contributed by atoms with van der Waals surface area (Å²) >= 11 is 0. The van der Waals surface area contributed by atoms with E-state index in [1.165, 1.54) is 0 Å². The van der Waals surface area contributed by atoms with Crippen LogP contribution in [0.2, 0.25) is 0 Å². The van der Waals surface area contributed by atoms with Crippen molar-refractivity contribution < 1.29 is 4.74 Å². The van der Waals surface area contributed by atoms with Crippen LogP contribution >= 0.6 is 0 Å². The van der Waals surface area contributed by atoms with Crippen LogP contribution in [0, 0.1) is 0 Å². The van der Waals surface area contributed by atoms with E-state index in [0.29, 0.717) is 0 Å². The summed E-state index contributed by atoms with van der Waals surface area (Å²) in [6.45, 7) is 4.14. The smallest absolute Gasteiger partial charge is 0.124 e. The molecule has 1 aliphatic rings. The van der Waals surface area contributed by atoms with Gasteiger partial charge in [-0.05, 0) is 19.9 Å². The largest absolute Gasteiger partial charge is 0.487 e. The summed E-state index contributed by atoms with van der Waals surface area (Å²) in [5.74, 6) is 0.936. The molecule has 2 rings (SSSR count). The predicted molar refractivity (Wildman–Crippen MR) is 52.7 cm³/mol. The number of benzene rings is 1. The fraction of sp³-hybridized carbons (Fsp3) is 0.455. The van der Waals surface area contributed by atoms with Crippen LogP contribution in [0.15, 0.2) is 24.3 Å². The third kappa shape index (κ3) is 1.54. The van der Waals surface area contributed by atoms with Crippen LogP contribution in [0.5, 0.6) is 5.75 Å². The first-order chi connectivity index (χ1) is 6.08. The van der Waals surface area contributed by atoms with E-state index in [4.69, 9.17) is 10.5 Å². The second-order valence-corrected chi connectivity index (χ2v) is 4.21. The first kappa shape index (κ1) is 8.57. The molecule has 1 heterocycles. The molecule has 1 aromatic carbocycles. The fourth-order valence-electron chi connectivity index (χ4n) is 1.86. The van der Waals surface area contributed by atoms with Crippen molar-refractivity contribution in [2.45, 2.75) is 31.9 Å². The monoisotopic (exact) mass is 177 g/mol. The summed E-state index contributed by atoms with van der Waals surface area (Å²) in [5, 5.41) is 0. The van der Waals surface area contributed by atoms with E-state index >= 15 is 0 Å². The van der Waals surface area contributed by atoms with Gasteiger partial charge in [0.1, 0.15) is 11.4 Å². The summed E-state index contributed by atoms with van der Waals surface area (Å²) in [5.41, 5.74) is 7.04. The van der Waals surface area contributed by atoms with Gasteiger partial charge in [0.15, 0.2) is 0 Å². The highest BCUT2D eigenvalue weighted by Crippen LogP contribution is 2.37. The normalized spacial score (nSPS) is 24.7. The predicted octanol–water partition coefficient (Wildman–Crippen LogP) is 2.25. The van der Waals surface area contributed by atoms with E-state index in [2.05, 4.69) is 13.8 Å². The highest BCUT2D eigenvalue weighted by atomic mass is 16.5. The average molecular weight is 177 g/mol. The molecule has 0 fully saturated rings. The Morgan fingerprint density at radius 2 is 2.08 bits per heavy atom. The van der Waals surface area contributed by atoms with E-state index in [9.17, 15) is 0 Å². The van der Waals surface area contributed by atoms with E-state index in [0.717, 1.165) is 17.7 Å². The molecule has 0 unspecified atom stereocenters. The molecule has 13 heavy (non-hydrogen) atoms. The number of ether oxygens (including phenoxy) is 1. The molecule has 1 aromatic rings. The Hall–Kier alpha value is -1.02. The highest BCUT2D eigenvalue weighted by Gasteiger charge is 2.31. The van der Waals surface area contributed by atoms with Gasteiger partial charge in [-0.3, -0.25) is 0 Å². The van der Waals surface area contributed by atoms with Crippen LogP contribution in [0.3, 0.4) is 0 Å². The summed E-state index contributed by atoms with van der Waals surface area (Å²) in [6, 6.07) is 8.11. The van der Waals surface area contributed by atoms with Crippen molar-refractivity contribution in [3.63, 3.8) is 0 Å². The number of rotatable bonds is 0. The maximum atomic E-state index is 6.04. The van der Waals surface area contributed by atoms with Crippen LogP contribution in [-0.2, 0) is 0 Å². The lowest BCUT2D eigenvalue weighted by atomic mass is 9.90. The molecule has 2 N–H and O–H groups in total. The van der Waals surface area contributed by atoms with Crippen LogP contribution in [0.4, 0.5) is 0 Å². The lowest BCUT2D eigenvalue weighted by Crippen LogP contribution is -2.37. The van der Waals surface area contributed by atoms with Crippen molar-refractivity contribution >= 4 is 0 Å². The molecule has 0 radical (unpaired) electrons. The standard InChI is InChI=1S/C11H15NO/c1-11(2)7-9(12)8-5-3-4-6-10(8)13-11/h3-6,9H,7,12H2,1-2H3/t9-/m1/s1. The minimum absolute atomic E-state index is 0.111. The lowest BCUT2D eigenvalue weighted by molar-refractivity contribution is 0.0729. The van der Waals surface area contributed by atoms with Crippen LogP contribution in [0.1, 0.15) is 31.9 Å². The molecule has 0 saturated heterocycles. The first-order valence-electron chi connectivity index (χ1n) is 4.62. The molecule has 1 aliphatic heterocycles. The van der Waals surface area contributed by atoms with Gasteiger partial charge in [-0.1, -0.05) is 18.2 Å². The Kier molecular flexibility index (Phi) is 1.81. The zero-order chi connectivity index (χ0) is 9.47. The molecule has 0 saturated carbocycles. The molecule has 0 bridgehead atoms. The van der Waals surface area contributed by atoms with Crippen molar-refractivity contribution in [3.05, 3.63) is 29.8 Å². The molecule has 0 aliphatic carbocycles. The van der Waals surface area contributed by atoms with Gasteiger partial charge in [0.25, 0.3) is 0 Å². The second kappa shape index (κ2) is 2.74. The first-order valence-corrected chi connectivity index (χ1v) is 4.62. The molecule has 70 valence electrons. The maximum absolute atomic E-state index is 6.04. The van der Waals surface area contributed by atoms with Crippen molar-refractivity contribution in [2.75, 3.05) is 0 Å². The molecule has 0 aromatic heterocycles. The van der Waals surface area contributed by atoms with Gasteiger partial charge in [0.05, 0.1) is 0 Å². The van der Waals surface area contributed by atoms with E-state index < -0.39 is 0 Å². The highest BCUT2D eigenvalue weighted by molar-refractivity contribution is 5.38. The lowest BCUT2D eigenvalue weighted by Gasteiger charge is -2.35. The molecule has 0 spiro atoms. The minimum atomic E-state index is -0.131. The SMILES string of the molecule is CC1(C)C[C@@H](N)c2ccccc2O1. The summed E-state index contributed by atoms with van der Waals surface area (Å²) in [4.78, 5) is 0. The topological polar surface area (TPSA) is 35.2 Å². The molecular formula is C11H15NO. The van der Waals surface area contributed by atoms with Crippen LogP contribution < -0.4 is 10.5 Å². The number of para-hydroxylation sites is 1. The summed E-state index contributed by atoms with van der Waals surface area (Å²) in [6.07, 6.45) is 0.879. The molecule has 2 nitrogen and oxygen atoms in total. The molecule has 0 amide bonds. The second-order valence-electron chi connectivity index (χ2n) is 4.21. The summed E-state index contributed by atoms with van der Waals surface area (Å²) < 4.78 is 5.81. The number of hydrogen-bond acceptors (Lipinski definition) is 2. The Labute approximate surface area is 78.7 Å².